The predicted octanol–water partition coefficient (Wildman–Crippen LogP) is 6.74. The smallest absolute Gasteiger partial charge is 0.255 e. The number of carbonyl (C=O) groups excluding carboxylic acids is 1. The van der Waals surface area contributed by atoms with E-state index in [1.165, 1.54) is 63.7 Å². The normalized spacial score (nSPS) is 20.4. The second-order valence-electron chi connectivity index (χ2n) is 10.2. The molecule has 4 rings (SSSR count). The predicted molar refractivity (Wildman–Crippen MR) is 149 cm³/mol. The third-order valence-electron chi connectivity index (χ3n) is 7.70. The van der Waals surface area contributed by atoms with E-state index in [2.05, 4.69) is 22.0 Å². The number of nitrogens with zero attached hydrogens (tertiary/aromatic N) is 2. The lowest BCUT2D eigenvalue weighted by molar-refractivity contribution is 0.0963. The van der Waals surface area contributed by atoms with Crippen molar-refractivity contribution in [3.8, 4) is 5.75 Å². The molecule has 1 aromatic carbocycles. The first-order chi connectivity index (χ1) is 17.4. The zero-order chi connectivity index (χ0) is 25.5. The topological polar surface area (TPSA) is 44.8 Å². The molecule has 2 heterocycles. The van der Waals surface area contributed by atoms with Crippen LogP contribution in [0.3, 0.4) is 0 Å². The van der Waals surface area contributed by atoms with E-state index in [4.69, 9.17) is 27.9 Å². The lowest BCUT2D eigenvalue weighted by Gasteiger charge is -2.38. The Labute approximate surface area is 226 Å². The largest absolute Gasteiger partial charge is 0.495 e. The molecule has 36 heavy (non-hydrogen) atoms. The molecule has 1 aliphatic carbocycles. The van der Waals surface area contributed by atoms with Crippen molar-refractivity contribution in [2.24, 2.45) is 5.92 Å². The first-order valence-electron chi connectivity index (χ1n) is 13.3. The molecule has 0 aromatic heterocycles. The van der Waals surface area contributed by atoms with Crippen LogP contribution in [0.25, 0.3) is 0 Å². The first kappa shape index (κ1) is 27.1. The number of methoxy groups -OCH3 is 1. The van der Waals surface area contributed by atoms with Gasteiger partial charge in [0, 0.05) is 23.7 Å². The summed E-state index contributed by atoms with van der Waals surface area (Å²) in [7, 11) is 1.56. The van der Waals surface area contributed by atoms with E-state index in [9.17, 15) is 4.79 Å². The Balaban J connectivity index is 1.45. The van der Waals surface area contributed by atoms with Crippen molar-refractivity contribution in [2.75, 3.05) is 39.8 Å². The Morgan fingerprint density at radius 3 is 2.56 bits per heavy atom. The highest BCUT2D eigenvalue weighted by molar-refractivity contribution is 6.32. The number of nitrogens with one attached hydrogen (secondary N) is 1. The van der Waals surface area contributed by atoms with Crippen LogP contribution in [0.2, 0.25) is 5.02 Å². The van der Waals surface area contributed by atoms with Gasteiger partial charge in [0.05, 0.1) is 23.5 Å². The van der Waals surface area contributed by atoms with Crippen molar-refractivity contribution in [2.45, 2.75) is 58.3 Å². The van der Waals surface area contributed by atoms with Crippen molar-refractivity contribution >= 4 is 29.1 Å². The SMILES string of the molecule is COc1ccc(C(=O)NC2=CC(Cl)=CCCC(C)=C2N2CCC(CCN3CCCCC3)CC2)cc1Cl. The van der Waals surface area contributed by atoms with Crippen molar-refractivity contribution in [1.82, 2.24) is 15.1 Å². The van der Waals surface area contributed by atoms with E-state index in [0.29, 0.717) is 21.4 Å². The van der Waals surface area contributed by atoms with Gasteiger partial charge in [-0.3, -0.25) is 4.79 Å². The van der Waals surface area contributed by atoms with E-state index >= 15 is 0 Å². The molecule has 1 aromatic rings. The third kappa shape index (κ3) is 7.08. The third-order valence-corrected chi connectivity index (χ3v) is 8.25. The maximum Gasteiger partial charge on any atom is 0.255 e. The molecule has 0 radical (unpaired) electrons. The van der Waals surface area contributed by atoms with E-state index < -0.39 is 0 Å². The number of halogens is 2. The summed E-state index contributed by atoms with van der Waals surface area (Å²) in [6.45, 7) is 7.95. The van der Waals surface area contributed by atoms with Crippen LogP contribution in [0.5, 0.6) is 5.75 Å². The molecule has 5 nitrogen and oxygen atoms in total. The van der Waals surface area contributed by atoms with E-state index in [1.54, 1.807) is 25.3 Å². The second-order valence-corrected chi connectivity index (χ2v) is 11.1. The molecular formula is C29H39Cl2N3O2. The van der Waals surface area contributed by atoms with E-state index in [1.807, 2.05) is 12.2 Å². The summed E-state index contributed by atoms with van der Waals surface area (Å²) in [5, 5.41) is 4.21. The molecule has 0 unspecified atom stereocenters. The molecule has 3 aliphatic rings. The van der Waals surface area contributed by atoms with Crippen LogP contribution in [0.1, 0.15) is 68.6 Å². The van der Waals surface area contributed by atoms with Gasteiger partial charge in [0.2, 0.25) is 0 Å². The lowest BCUT2D eigenvalue weighted by atomic mass is 9.91. The number of likely N-dealkylation sites (tertiary alicyclic amines) is 2. The van der Waals surface area contributed by atoms with Gasteiger partial charge in [0.15, 0.2) is 0 Å². The monoisotopic (exact) mass is 531 g/mol. The molecule has 196 valence electrons. The van der Waals surface area contributed by atoms with Crippen LogP contribution in [0.4, 0.5) is 0 Å². The minimum absolute atomic E-state index is 0.211. The molecule has 0 bridgehead atoms. The van der Waals surface area contributed by atoms with Crippen LogP contribution in [-0.4, -0.2) is 55.5 Å². The molecule has 1 amide bonds. The van der Waals surface area contributed by atoms with Crippen molar-refractivity contribution in [3.05, 3.63) is 62.9 Å². The number of carbonyl (C=O) groups is 1. The van der Waals surface area contributed by atoms with Gasteiger partial charge in [0.1, 0.15) is 5.75 Å². The van der Waals surface area contributed by atoms with Crippen LogP contribution in [0.15, 0.2) is 52.4 Å². The number of ether oxygens (including phenoxy) is 1. The molecule has 0 saturated carbocycles. The highest BCUT2D eigenvalue weighted by Crippen LogP contribution is 2.32. The molecular weight excluding hydrogens is 493 g/mol. The van der Waals surface area contributed by atoms with Gasteiger partial charge in [-0.15, -0.1) is 0 Å². The van der Waals surface area contributed by atoms with E-state index in [0.717, 1.165) is 43.2 Å². The fourth-order valence-corrected chi connectivity index (χ4v) is 6.05. The first-order valence-corrected chi connectivity index (χ1v) is 14.1. The number of amides is 1. The fraction of sp³-hybridized carbons (Fsp3) is 0.552. The maximum atomic E-state index is 13.2. The molecule has 7 heteroatoms. The van der Waals surface area contributed by atoms with Gasteiger partial charge in [-0.25, -0.2) is 0 Å². The Morgan fingerprint density at radius 2 is 1.86 bits per heavy atom. The number of rotatable bonds is 7. The second kappa shape index (κ2) is 13.0. The lowest BCUT2D eigenvalue weighted by Crippen LogP contribution is -2.39. The highest BCUT2D eigenvalue weighted by atomic mass is 35.5. The van der Waals surface area contributed by atoms with Crippen molar-refractivity contribution in [3.63, 3.8) is 0 Å². The van der Waals surface area contributed by atoms with Crippen molar-refractivity contribution < 1.29 is 9.53 Å². The standard InChI is InChI=1S/C29H39Cl2N3O2/c1-21-7-6-8-24(30)20-26(32-29(35)23-9-10-27(36-2)25(31)19-23)28(21)34-17-12-22(13-18-34)11-16-33-14-4-3-5-15-33/h8-10,19-20,22H,3-7,11-18H2,1-2H3,(H,32,35). The molecule has 2 aliphatic heterocycles. The van der Waals surface area contributed by atoms with Crippen LogP contribution in [0, 0.1) is 5.92 Å². The van der Waals surface area contributed by atoms with Gasteiger partial charge in [-0.1, -0.05) is 35.7 Å². The maximum absolute atomic E-state index is 13.2. The number of benzene rings is 1. The summed E-state index contributed by atoms with van der Waals surface area (Å²) in [6.07, 6.45) is 13.5. The average molecular weight is 533 g/mol. The van der Waals surface area contributed by atoms with Gasteiger partial charge in [-0.05, 0) is 107 Å². The minimum atomic E-state index is -0.211. The van der Waals surface area contributed by atoms with Crippen LogP contribution in [-0.2, 0) is 0 Å². The van der Waals surface area contributed by atoms with Gasteiger partial charge >= 0.3 is 0 Å². The minimum Gasteiger partial charge on any atom is -0.495 e. The van der Waals surface area contributed by atoms with Gasteiger partial charge < -0.3 is 19.9 Å². The summed E-state index contributed by atoms with van der Waals surface area (Å²) in [5.74, 6) is 1.10. The summed E-state index contributed by atoms with van der Waals surface area (Å²) < 4.78 is 5.23. The summed E-state index contributed by atoms with van der Waals surface area (Å²) in [4.78, 5) is 18.3. The number of hydrogen-bond donors (Lipinski definition) is 1. The highest BCUT2D eigenvalue weighted by Gasteiger charge is 2.26. The molecule has 2 fully saturated rings. The van der Waals surface area contributed by atoms with Gasteiger partial charge in [0.25, 0.3) is 5.91 Å². The Morgan fingerprint density at radius 1 is 1.11 bits per heavy atom. The van der Waals surface area contributed by atoms with Crippen molar-refractivity contribution in [1.29, 1.82) is 0 Å². The molecule has 0 atom stereocenters. The molecule has 0 spiro atoms. The Kier molecular flexibility index (Phi) is 9.80. The van der Waals surface area contributed by atoms with Gasteiger partial charge in [-0.2, -0.15) is 0 Å². The molecule has 2 saturated heterocycles. The zero-order valence-corrected chi connectivity index (χ0v) is 23.1. The molecule has 1 N–H and O–H groups in total. The van der Waals surface area contributed by atoms with Crippen LogP contribution >= 0.6 is 23.2 Å². The number of piperidine rings is 2. The Hall–Kier alpha value is -1.95. The Bertz CT molecular complexity index is 1020. The number of hydrogen-bond acceptors (Lipinski definition) is 4. The summed E-state index contributed by atoms with van der Waals surface area (Å²) in [6, 6.07) is 5.08. The van der Waals surface area contributed by atoms with E-state index in [-0.39, 0.29) is 5.91 Å². The van der Waals surface area contributed by atoms with Crippen LogP contribution < -0.4 is 10.1 Å². The zero-order valence-electron chi connectivity index (χ0n) is 21.6. The average Bonchev–Trinajstić information content (AvgIpc) is 2.88. The summed E-state index contributed by atoms with van der Waals surface area (Å²) >= 11 is 12.8. The number of allylic oxidation sites excluding steroid dienone is 4. The quantitative estimate of drug-likeness (QED) is 0.423. The fourth-order valence-electron chi connectivity index (χ4n) is 5.57. The summed E-state index contributed by atoms with van der Waals surface area (Å²) in [5.41, 5.74) is 3.64.